The van der Waals surface area contributed by atoms with E-state index in [-0.39, 0.29) is 32.9 Å². The molecule has 2 heterocycles. The van der Waals surface area contributed by atoms with Crippen LogP contribution in [0.1, 0.15) is 35.1 Å². The van der Waals surface area contributed by atoms with E-state index in [1.54, 1.807) is 0 Å². The SMILES string of the molecule is Cc1[nH]c(C(Nc2ncccc2C(F)F)c2ccc(F)c(Cl)c2)nc1S(C)(=O)=O. The van der Waals surface area contributed by atoms with Crippen LogP contribution in [-0.2, 0) is 9.84 Å². The van der Waals surface area contributed by atoms with Crippen molar-refractivity contribution in [3.05, 3.63) is 70.0 Å². The molecule has 0 radical (unpaired) electrons. The Hall–Kier alpha value is -2.59. The van der Waals surface area contributed by atoms with Crippen LogP contribution in [-0.4, -0.2) is 29.6 Å². The smallest absolute Gasteiger partial charge is 0.267 e. The predicted octanol–water partition coefficient (Wildman–Crippen LogP) is 4.45. The zero-order valence-corrected chi connectivity index (χ0v) is 16.8. The number of pyridine rings is 1. The minimum absolute atomic E-state index is 0.122. The highest BCUT2D eigenvalue weighted by atomic mass is 35.5. The number of alkyl halides is 2. The molecule has 0 aliphatic heterocycles. The van der Waals surface area contributed by atoms with Gasteiger partial charge in [0.1, 0.15) is 23.5 Å². The molecule has 1 unspecified atom stereocenters. The average molecular weight is 445 g/mol. The molecule has 3 rings (SSSR count). The van der Waals surface area contributed by atoms with Crippen LogP contribution in [0.5, 0.6) is 0 Å². The summed E-state index contributed by atoms with van der Waals surface area (Å²) in [5, 5.41) is 2.48. The molecule has 0 aliphatic rings. The maximum atomic E-state index is 13.6. The molecule has 2 aromatic heterocycles. The lowest BCUT2D eigenvalue weighted by Gasteiger charge is -2.20. The van der Waals surface area contributed by atoms with Gasteiger partial charge in [0.05, 0.1) is 16.3 Å². The monoisotopic (exact) mass is 444 g/mol. The first-order valence-corrected chi connectivity index (χ1v) is 10.6. The van der Waals surface area contributed by atoms with Crippen molar-refractivity contribution >= 4 is 27.3 Å². The number of imidazole rings is 1. The van der Waals surface area contributed by atoms with Crippen molar-refractivity contribution in [1.29, 1.82) is 0 Å². The molecule has 3 aromatic rings. The van der Waals surface area contributed by atoms with Gasteiger partial charge in [-0.1, -0.05) is 17.7 Å². The van der Waals surface area contributed by atoms with Crippen molar-refractivity contribution in [2.24, 2.45) is 0 Å². The standard InChI is InChI=1S/C18H16ClF3N4O2S/c1-9-18(29(2,27)28)26-17(24-9)14(10-5-6-13(20)12(19)8-10)25-16-11(15(21)22)4-3-7-23-16/h3-8,14-15H,1-2H3,(H,23,25)(H,24,26). The number of H-pyrrole nitrogens is 1. The molecule has 11 heteroatoms. The van der Waals surface area contributed by atoms with Crippen LogP contribution in [0.2, 0.25) is 5.02 Å². The first-order valence-electron chi connectivity index (χ1n) is 8.29. The highest BCUT2D eigenvalue weighted by molar-refractivity contribution is 7.90. The number of hydrogen-bond donors (Lipinski definition) is 2. The minimum atomic E-state index is -3.63. The van der Waals surface area contributed by atoms with Gasteiger partial charge in [0.25, 0.3) is 6.43 Å². The van der Waals surface area contributed by atoms with Gasteiger partial charge < -0.3 is 10.3 Å². The molecular formula is C18H16ClF3N4O2S. The third kappa shape index (κ3) is 4.54. The normalized spacial score (nSPS) is 12.9. The van der Waals surface area contributed by atoms with Gasteiger partial charge in [-0.05, 0) is 36.8 Å². The number of aryl methyl sites for hydroxylation is 1. The number of rotatable bonds is 6. The summed E-state index contributed by atoms with van der Waals surface area (Å²) in [5.41, 5.74) is 0.297. The van der Waals surface area contributed by atoms with Crippen LogP contribution >= 0.6 is 11.6 Å². The fraction of sp³-hybridized carbons (Fsp3) is 0.222. The number of aromatic amines is 1. The molecule has 0 saturated heterocycles. The van der Waals surface area contributed by atoms with E-state index in [1.165, 1.54) is 37.4 Å². The van der Waals surface area contributed by atoms with Crippen LogP contribution in [0, 0.1) is 12.7 Å². The molecule has 2 N–H and O–H groups in total. The van der Waals surface area contributed by atoms with Gasteiger partial charge in [-0.2, -0.15) is 0 Å². The number of nitrogens with one attached hydrogen (secondary N) is 2. The molecule has 1 atom stereocenters. The van der Waals surface area contributed by atoms with Crippen LogP contribution in [0.4, 0.5) is 19.0 Å². The molecule has 1 aromatic carbocycles. The van der Waals surface area contributed by atoms with Crippen molar-refractivity contribution in [2.75, 3.05) is 11.6 Å². The lowest BCUT2D eigenvalue weighted by atomic mass is 10.1. The Morgan fingerprint density at radius 3 is 2.55 bits per heavy atom. The van der Waals surface area contributed by atoms with Crippen molar-refractivity contribution < 1.29 is 21.6 Å². The average Bonchev–Trinajstić information content (AvgIpc) is 3.04. The Balaban J connectivity index is 2.14. The van der Waals surface area contributed by atoms with E-state index in [4.69, 9.17) is 11.6 Å². The number of hydrogen-bond acceptors (Lipinski definition) is 5. The highest BCUT2D eigenvalue weighted by Crippen LogP contribution is 2.32. The zero-order valence-electron chi connectivity index (χ0n) is 15.2. The van der Waals surface area contributed by atoms with Crippen molar-refractivity contribution in [3.63, 3.8) is 0 Å². The quantitative estimate of drug-likeness (QED) is 0.586. The van der Waals surface area contributed by atoms with Crippen molar-refractivity contribution in [3.8, 4) is 0 Å². The number of halogens is 4. The zero-order chi connectivity index (χ0) is 21.3. The van der Waals surface area contributed by atoms with Gasteiger partial charge in [0.2, 0.25) is 0 Å². The molecule has 0 spiro atoms. The minimum Gasteiger partial charge on any atom is -0.356 e. The molecule has 29 heavy (non-hydrogen) atoms. The van der Waals surface area contributed by atoms with Crippen molar-refractivity contribution in [1.82, 2.24) is 15.0 Å². The summed E-state index contributed by atoms with van der Waals surface area (Å²) in [4.78, 5) is 10.9. The van der Waals surface area contributed by atoms with Crippen LogP contribution in [0.3, 0.4) is 0 Å². The maximum absolute atomic E-state index is 13.6. The Labute approximate surface area is 170 Å². The second-order valence-electron chi connectivity index (χ2n) is 6.32. The summed E-state index contributed by atoms with van der Waals surface area (Å²) in [6.07, 6.45) is -0.461. The van der Waals surface area contributed by atoms with Crippen LogP contribution in [0.25, 0.3) is 0 Å². The Morgan fingerprint density at radius 1 is 1.24 bits per heavy atom. The lowest BCUT2D eigenvalue weighted by molar-refractivity contribution is 0.151. The van der Waals surface area contributed by atoms with Crippen LogP contribution < -0.4 is 5.32 Å². The van der Waals surface area contributed by atoms with E-state index in [2.05, 4.69) is 20.3 Å². The number of aromatic nitrogens is 3. The van der Waals surface area contributed by atoms with E-state index in [1.807, 2.05) is 0 Å². The summed E-state index contributed by atoms with van der Waals surface area (Å²) in [5.74, 6) is -0.660. The van der Waals surface area contributed by atoms with E-state index in [9.17, 15) is 21.6 Å². The largest absolute Gasteiger partial charge is 0.356 e. The summed E-state index contributed by atoms with van der Waals surface area (Å²) in [6.45, 7) is 1.52. The van der Waals surface area contributed by atoms with Gasteiger partial charge >= 0.3 is 0 Å². The van der Waals surface area contributed by atoms with E-state index in [0.29, 0.717) is 5.56 Å². The van der Waals surface area contributed by atoms with E-state index in [0.717, 1.165) is 12.3 Å². The molecule has 0 amide bonds. The van der Waals surface area contributed by atoms with Gasteiger partial charge in [-0.25, -0.2) is 31.6 Å². The third-order valence-electron chi connectivity index (χ3n) is 4.12. The molecule has 6 nitrogen and oxygen atoms in total. The first-order chi connectivity index (χ1) is 13.6. The topological polar surface area (TPSA) is 87.7 Å². The predicted molar refractivity (Wildman–Crippen MR) is 103 cm³/mol. The molecule has 0 bridgehead atoms. The number of benzene rings is 1. The first kappa shape index (κ1) is 21.1. The molecule has 0 fully saturated rings. The summed E-state index contributed by atoms with van der Waals surface area (Å²) in [6, 6.07) is 5.44. The second kappa shape index (κ2) is 8.03. The molecule has 0 saturated carbocycles. The Morgan fingerprint density at radius 2 is 1.97 bits per heavy atom. The number of nitrogens with zero attached hydrogens (tertiary/aromatic N) is 2. The van der Waals surface area contributed by atoms with Gasteiger partial charge in [-0.15, -0.1) is 0 Å². The maximum Gasteiger partial charge on any atom is 0.267 e. The van der Waals surface area contributed by atoms with Gasteiger partial charge in [0.15, 0.2) is 14.9 Å². The molecule has 0 aliphatic carbocycles. The molecule has 154 valence electrons. The van der Waals surface area contributed by atoms with E-state index >= 15 is 0 Å². The summed E-state index contributed by atoms with van der Waals surface area (Å²) < 4.78 is 64.2. The van der Waals surface area contributed by atoms with Crippen molar-refractivity contribution in [2.45, 2.75) is 24.4 Å². The summed E-state index contributed by atoms with van der Waals surface area (Å²) >= 11 is 5.87. The Kier molecular flexibility index (Phi) is 5.85. The molecular weight excluding hydrogens is 429 g/mol. The fourth-order valence-electron chi connectivity index (χ4n) is 2.82. The van der Waals surface area contributed by atoms with Gasteiger partial charge in [0, 0.05) is 12.5 Å². The second-order valence-corrected chi connectivity index (χ2v) is 8.66. The number of sulfone groups is 1. The Bertz CT molecular complexity index is 1150. The van der Waals surface area contributed by atoms with E-state index < -0.39 is 28.1 Å². The summed E-state index contributed by atoms with van der Waals surface area (Å²) in [7, 11) is -3.63. The lowest BCUT2D eigenvalue weighted by Crippen LogP contribution is -2.16. The highest BCUT2D eigenvalue weighted by Gasteiger charge is 2.26. The number of anilines is 1. The third-order valence-corrected chi connectivity index (χ3v) is 5.50. The fourth-order valence-corrected chi connectivity index (χ4v) is 3.88. The van der Waals surface area contributed by atoms with Crippen LogP contribution in [0.15, 0.2) is 41.6 Å². The van der Waals surface area contributed by atoms with Gasteiger partial charge in [-0.3, -0.25) is 0 Å².